The molecule has 0 amide bonds. The van der Waals surface area contributed by atoms with E-state index in [-0.39, 0.29) is 5.97 Å². The van der Waals surface area contributed by atoms with Crippen LogP contribution in [0.25, 0.3) is 0 Å². The van der Waals surface area contributed by atoms with E-state index in [9.17, 15) is 4.79 Å². The van der Waals surface area contributed by atoms with Gasteiger partial charge in [-0.05, 0) is 19.1 Å². The Kier molecular flexibility index (Phi) is 11.6. The van der Waals surface area contributed by atoms with E-state index in [0.29, 0.717) is 5.56 Å². The summed E-state index contributed by atoms with van der Waals surface area (Å²) in [7, 11) is 1.38. The first-order valence-electron chi connectivity index (χ1n) is 5.39. The summed E-state index contributed by atoms with van der Waals surface area (Å²) in [4.78, 5) is 10.9. The number of carbonyl (C=O) groups excluding carboxylic acids is 1. The minimum atomic E-state index is -0.287. The van der Waals surface area contributed by atoms with Gasteiger partial charge in [-0.2, -0.15) is 0 Å². The third-order valence-corrected chi connectivity index (χ3v) is 1.47. The molecule has 0 aliphatic carbocycles. The summed E-state index contributed by atoms with van der Waals surface area (Å²) in [5.74, 6) is -0.287. The predicted molar refractivity (Wildman–Crippen MR) is 65.2 cm³/mol. The van der Waals surface area contributed by atoms with Crippen molar-refractivity contribution < 1.29 is 9.53 Å². The van der Waals surface area contributed by atoms with Crippen LogP contribution in [0.5, 0.6) is 0 Å². The molecule has 2 heteroatoms. The van der Waals surface area contributed by atoms with E-state index in [1.54, 1.807) is 12.1 Å². The van der Waals surface area contributed by atoms with Crippen LogP contribution >= 0.6 is 0 Å². The van der Waals surface area contributed by atoms with Gasteiger partial charge in [-0.1, -0.05) is 45.4 Å². The number of hydrogen-bond donors (Lipinski definition) is 0. The van der Waals surface area contributed by atoms with Gasteiger partial charge in [0.15, 0.2) is 0 Å². The second kappa shape index (κ2) is 10.8. The van der Waals surface area contributed by atoms with Crippen molar-refractivity contribution in [3.8, 4) is 0 Å². The lowest BCUT2D eigenvalue weighted by Crippen LogP contribution is -2.00. The maximum atomic E-state index is 10.9. The molecule has 0 spiro atoms. The van der Waals surface area contributed by atoms with Crippen LogP contribution in [-0.4, -0.2) is 13.1 Å². The van der Waals surface area contributed by atoms with Gasteiger partial charge in [-0.15, -0.1) is 0 Å². The lowest BCUT2D eigenvalue weighted by molar-refractivity contribution is 0.0601. The topological polar surface area (TPSA) is 26.3 Å². The fourth-order valence-corrected chi connectivity index (χ4v) is 0.807. The Hall–Kier alpha value is -1.31. The monoisotopic (exact) mass is 210 g/mol. The average Bonchev–Trinajstić information content (AvgIpc) is 2.34. The lowest BCUT2D eigenvalue weighted by atomic mass is 10.2. The molecule has 0 aliphatic rings. The largest absolute Gasteiger partial charge is 0.465 e. The molecule has 2 nitrogen and oxygen atoms in total. The first-order chi connectivity index (χ1) is 7.24. The maximum absolute atomic E-state index is 10.9. The average molecular weight is 210 g/mol. The summed E-state index contributed by atoms with van der Waals surface area (Å²) in [5, 5.41) is 0. The molecular weight excluding hydrogens is 188 g/mol. The Bertz CT molecular complexity index is 250. The van der Waals surface area contributed by atoms with Crippen molar-refractivity contribution in [2.75, 3.05) is 7.11 Å². The SMILES string of the molecule is CC.CC.COC(=O)c1ccc(C)cc1. The van der Waals surface area contributed by atoms with Gasteiger partial charge in [0.25, 0.3) is 0 Å². The van der Waals surface area contributed by atoms with Crippen LogP contribution < -0.4 is 0 Å². The number of ether oxygens (including phenoxy) is 1. The van der Waals surface area contributed by atoms with E-state index < -0.39 is 0 Å². The highest BCUT2D eigenvalue weighted by Gasteiger charge is 2.01. The van der Waals surface area contributed by atoms with Gasteiger partial charge in [0.05, 0.1) is 12.7 Å². The standard InChI is InChI=1S/C9H10O2.2C2H6/c1-7-3-5-8(6-4-7)9(10)11-2;2*1-2/h3-6H,1-2H3;2*1-2H3. The second-order valence-corrected chi connectivity index (χ2v) is 2.36. The highest BCUT2D eigenvalue weighted by atomic mass is 16.5. The van der Waals surface area contributed by atoms with Gasteiger partial charge in [-0.3, -0.25) is 0 Å². The van der Waals surface area contributed by atoms with Crippen molar-refractivity contribution in [1.29, 1.82) is 0 Å². The smallest absolute Gasteiger partial charge is 0.337 e. The first kappa shape index (κ1) is 16.1. The molecule has 1 rings (SSSR count). The molecule has 1 aromatic rings. The Morgan fingerprint density at radius 2 is 1.40 bits per heavy atom. The van der Waals surface area contributed by atoms with E-state index in [1.165, 1.54) is 7.11 Å². The van der Waals surface area contributed by atoms with Gasteiger partial charge in [-0.25, -0.2) is 4.79 Å². The number of rotatable bonds is 1. The first-order valence-corrected chi connectivity index (χ1v) is 5.39. The highest BCUT2D eigenvalue weighted by Crippen LogP contribution is 2.03. The third kappa shape index (κ3) is 6.72. The Morgan fingerprint density at radius 3 is 1.73 bits per heavy atom. The number of methoxy groups -OCH3 is 1. The Balaban J connectivity index is 0. The van der Waals surface area contributed by atoms with Gasteiger partial charge < -0.3 is 4.74 Å². The van der Waals surface area contributed by atoms with Gasteiger partial charge >= 0.3 is 5.97 Å². The van der Waals surface area contributed by atoms with Crippen molar-refractivity contribution >= 4 is 5.97 Å². The molecule has 15 heavy (non-hydrogen) atoms. The summed E-state index contributed by atoms with van der Waals surface area (Å²) in [6.45, 7) is 9.97. The van der Waals surface area contributed by atoms with Crippen molar-refractivity contribution in [3.63, 3.8) is 0 Å². The zero-order valence-corrected chi connectivity index (χ0v) is 10.6. The predicted octanol–water partition coefficient (Wildman–Crippen LogP) is 3.83. The Labute approximate surface area is 93.3 Å². The fourth-order valence-electron chi connectivity index (χ4n) is 0.807. The highest BCUT2D eigenvalue weighted by molar-refractivity contribution is 5.89. The van der Waals surface area contributed by atoms with E-state index in [0.717, 1.165) is 5.56 Å². The van der Waals surface area contributed by atoms with Crippen molar-refractivity contribution in [1.82, 2.24) is 0 Å². The zero-order chi connectivity index (χ0) is 12.3. The summed E-state index contributed by atoms with van der Waals surface area (Å²) >= 11 is 0. The summed E-state index contributed by atoms with van der Waals surface area (Å²) < 4.78 is 4.54. The van der Waals surface area contributed by atoms with Crippen LogP contribution in [-0.2, 0) is 4.74 Å². The van der Waals surface area contributed by atoms with Crippen LogP contribution in [0.1, 0.15) is 43.6 Å². The normalized spacial score (nSPS) is 7.60. The Morgan fingerprint density at radius 1 is 1.00 bits per heavy atom. The number of aryl methyl sites for hydroxylation is 1. The van der Waals surface area contributed by atoms with Gasteiger partial charge in [0.2, 0.25) is 0 Å². The third-order valence-electron chi connectivity index (χ3n) is 1.47. The minimum absolute atomic E-state index is 0.287. The molecule has 0 saturated carbocycles. The quantitative estimate of drug-likeness (QED) is 0.658. The molecule has 0 radical (unpaired) electrons. The number of esters is 1. The molecule has 0 fully saturated rings. The molecule has 0 unspecified atom stereocenters. The molecule has 86 valence electrons. The molecular formula is C13H22O2. The minimum Gasteiger partial charge on any atom is -0.465 e. The number of carbonyl (C=O) groups is 1. The summed E-state index contributed by atoms with van der Waals surface area (Å²) in [5.41, 5.74) is 1.73. The molecule has 1 aromatic carbocycles. The van der Waals surface area contributed by atoms with Crippen molar-refractivity contribution in [2.24, 2.45) is 0 Å². The van der Waals surface area contributed by atoms with Crippen LogP contribution in [0.4, 0.5) is 0 Å². The zero-order valence-electron chi connectivity index (χ0n) is 10.6. The van der Waals surface area contributed by atoms with Crippen molar-refractivity contribution in [2.45, 2.75) is 34.6 Å². The molecule has 0 aromatic heterocycles. The van der Waals surface area contributed by atoms with Gasteiger partial charge in [0, 0.05) is 0 Å². The summed E-state index contributed by atoms with van der Waals surface area (Å²) in [6, 6.07) is 7.26. The second-order valence-electron chi connectivity index (χ2n) is 2.36. The molecule has 0 saturated heterocycles. The van der Waals surface area contributed by atoms with Crippen LogP contribution in [0.15, 0.2) is 24.3 Å². The van der Waals surface area contributed by atoms with Crippen LogP contribution in [0, 0.1) is 6.92 Å². The van der Waals surface area contributed by atoms with Crippen LogP contribution in [0.2, 0.25) is 0 Å². The van der Waals surface area contributed by atoms with E-state index in [2.05, 4.69) is 4.74 Å². The molecule has 0 heterocycles. The summed E-state index contributed by atoms with van der Waals surface area (Å²) in [6.07, 6.45) is 0. The lowest BCUT2D eigenvalue weighted by Gasteiger charge is -1.97. The van der Waals surface area contributed by atoms with Crippen molar-refractivity contribution in [3.05, 3.63) is 35.4 Å². The van der Waals surface area contributed by atoms with E-state index in [4.69, 9.17) is 0 Å². The van der Waals surface area contributed by atoms with E-state index in [1.807, 2.05) is 46.8 Å². The number of hydrogen-bond acceptors (Lipinski definition) is 2. The van der Waals surface area contributed by atoms with Gasteiger partial charge in [0.1, 0.15) is 0 Å². The molecule has 0 atom stereocenters. The fraction of sp³-hybridized carbons (Fsp3) is 0.462. The number of benzene rings is 1. The maximum Gasteiger partial charge on any atom is 0.337 e. The molecule has 0 aliphatic heterocycles. The molecule has 0 N–H and O–H groups in total. The van der Waals surface area contributed by atoms with Crippen LogP contribution in [0.3, 0.4) is 0 Å². The van der Waals surface area contributed by atoms with E-state index >= 15 is 0 Å². The molecule has 0 bridgehead atoms.